The van der Waals surface area contributed by atoms with E-state index in [9.17, 15) is 4.79 Å². The fourth-order valence-corrected chi connectivity index (χ4v) is 2.93. The first-order chi connectivity index (χ1) is 12.6. The first-order valence-corrected chi connectivity index (χ1v) is 8.30. The Hall–Kier alpha value is -3.35. The normalized spacial score (nSPS) is 15.7. The Morgan fingerprint density at radius 1 is 1.19 bits per heavy atom. The van der Waals surface area contributed by atoms with Crippen LogP contribution in [0.2, 0.25) is 0 Å². The molecule has 2 heterocycles. The monoisotopic (exact) mass is 350 g/mol. The van der Waals surface area contributed by atoms with Crippen LogP contribution in [0.4, 0.5) is 0 Å². The molecule has 0 saturated heterocycles. The SMILES string of the molecule is Cc1ccccc1-n1nc(CC(N)=O)nc1C1COc2ccccc2O1. The van der Waals surface area contributed by atoms with E-state index < -0.39 is 12.0 Å². The molecule has 26 heavy (non-hydrogen) atoms. The fraction of sp³-hybridized carbons (Fsp3) is 0.211. The minimum Gasteiger partial charge on any atom is -0.485 e. The molecule has 1 amide bonds. The number of ether oxygens (including phenoxy) is 2. The number of carbonyl (C=O) groups excluding carboxylic acids is 1. The number of hydrogen-bond acceptors (Lipinski definition) is 5. The van der Waals surface area contributed by atoms with E-state index in [1.165, 1.54) is 0 Å². The quantitative estimate of drug-likeness (QED) is 0.778. The first kappa shape index (κ1) is 16.1. The van der Waals surface area contributed by atoms with E-state index in [1.54, 1.807) is 4.68 Å². The van der Waals surface area contributed by atoms with Crippen LogP contribution in [-0.4, -0.2) is 27.3 Å². The van der Waals surface area contributed by atoms with E-state index in [0.29, 0.717) is 29.8 Å². The standard InChI is InChI=1S/C19H18N4O3/c1-12-6-2-3-7-13(12)23-19(21-18(22-23)10-17(20)24)16-11-25-14-8-4-5-9-15(14)26-16/h2-9,16H,10-11H2,1H3,(H2,20,24). The van der Waals surface area contributed by atoms with Crippen LogP contribution in [0.5, 0.6) is 11.5 Å². The maximum absolute atomic E-state index is 11.3. The summed E-state index contributed by atoms with van der Waals surface area (Å²) < 4.78 is 13.6. The minimum atomic E-state index is -0.482. The van der Waals surface area contributed by atoms with Gasteiger partial charge in [0.1, 0.15) is 6.61 Å². The lowest BCUT2D eigenvalue weighted by atomic mass is 10.2. The van der Waals surface area contributed by atoms with Crippen molar-refractivity contribution in [2.24, 2.45) is 5.73 Å². The lowest BCUT2D eigenvalue weighted by molar-refractivity contribution is -0.117. The number of hydrogen-bond donors (Lipinski definition) is 1. The molecule has 7 heteroatoms. The summed E-state index contributed by atoms with van der Waals surface area (Å²) in [4.78, 5) is 15.8. The maximum atomic E-state index is 11.3. The first-order valence-electron chi connectivity index (χ1n) is 8.30. The number of carbonyl (C=O) groups is 1. The molecular weight excluding hydrogens is 332 g/mol. The Balaban J connectivity index is 1.76. The highest BCUT2D eigenvalue weighted by molar-refractivity contribution is 5.75. The molecule has 0 spiro atoms. The van der Waals surface area contributed by atoms with Gasteiger partial charge in [-0.2, -0.15) is 5.10 Å². The van der Waals surface area contributed by atoms with Crippen LogP contribution in [0.3, 0.4) is 0 Å². The molecule has 132 valence electrons. The van der Waals surface area contributed by atoms with Crippen LogP contribution in [0, 0.1) is 6.92 Å². The van der Waals surface area contributed by atoms with Crippen molar-refractivity contribution in [1.82, 2.24) is 14.8 Å². The number of para-hydroxylation sites is 3. The molecule has 1 aliphatic rings. The maximum Gasteiger partial charge on any atom is 0.225 e. The van der Waals surface area contributed by atoms with E-state index in [2.05, 4.69) is 10.1 Å². The van der Waals surface area contributed by atoms with Crippen molar-refractivity contribution < 1.29 is 14.3 Å². The number of fused-ring (bicyclic) bond motifs is 1. The Kier molecular flexibility index (Phi) is 4.04. The van der Waals surface area contributed by atoms with Crippen molar-refractivity contribution >= 4 is 5.91 Å². The highest BCUT2D eigenvalue weighted by Gasteiger charge is 2.29. The third-order valence-corrected chi connectivity index (χ3v) is 4.15. The molecule has 1 unspecified atom stereocenters. The molecule has 7 nitrogen and oxygen atoms in total. The van der Waals surface area contributed by atoms with Gasteiger partial charge >= 0.3 is 0 Å². The molecule has 1 atom stereocenters. The predicted molar refractivity (Wildman–Crippen MR) is 94.3 cm³/mol. The Morgan fingerprint density at radius 3 is 2.69 bits per heavy atom. The van der Waals surface area contributed by atoms with E-state index >= 15 is 0 Å². The molecule has 0 radical (unpaired) electrons. The second-order valence-electron chi connectivity index (χ2n) is 6.09. The van der Waals surface area contributed by atoms with Crippen LogP contribution >= 0.6 is 0 Å². The van der Waals surface area contributed by atoms with Crippen molar-refractivity contribution in [3.63, 3.8) is 0 Å². The van der Waals surface area contributed by atoms with Gasteiger partial charge in [-0.1, -0.05) is 30.3 Å². The summed E-state index contributed by atoms with van der Waals surface area (Å²) in [6.07, 6.45) is -0.477. The number of aryl methyl sites for hydroxylation is 1. The van der Waals surface area contributed by atoms with Crippen LogP contribution in [0.1, 0.15) is 23.3 Å². The number of aromatic nitrogens is 3. The van der Waals surface area contributed by atoms with Crippen molar-refractivity contribution in [3.8, 4) is 17.2 Å². The van der Waals surface area contributed by atoms with Crippen LogP contribution in [0.15, 0.2) is 48.5 Å². The summed E-state index contributed by atoms with van der Waals surface area (Å²) in [7, 11) is 0. The summed E-state index contributed by atoms with van der Waals surface area (Å²) in [5.41, 5.74) is 7.21. The van der Waals surface area contributed by atoms with Crippen molar-refractivity contribution in [2.75, 3.05) is 6.61 Å². The predicted octanol–water partition coefficient (Wildman–Crippen LogP) is 2.12. The highest BCUT2D eigenvalue weighted by atomic mass is 16.6. The highest BCUT2D eigenvalue weighted by Crippen LogP contribution is 2.36. The van der Waals surface area contributed by atoms with E-state index in [-0.39, 0.29) is 6.42 Å². The third kappa shape index (κ3) is 2.99. The Bertz CT molecular complexity index is 967. The van der Waals surface area contributed by atoms with Gasteiger partial charge in [0.05, 0.1) is 12.1 Å². The number of benzene rings is 2. The van der Waals surface area contributed by atoms with Crippen LogP contribution in [0.25, 0.3) is 5.69 Å². The topological polar surface area (TPSA) is 92.3 Å². The molecule has 0 aliphatic carbocycles. The van der Waals surface area contributed by atoms with Gasteiger partial charge in [0.2, 0.25) is 5.91 Å². The molecule has 0 saturated carbocycles. The summed E-state index contributed by atoms with van der Waals surface area (Å²) >= 11 is 0. The van der Waals surface area contributed by atoms with Crippen molar-refractivity contribution in [3.05, 3.63) is 65.7 Å². The number of amides is 1. The lowest BCUT2D eigenvalue weighted by Gasteiger charge is -2.26. The average Bonchev–Trinajstić information content (AvgIpc) is 3.04. The molecule has 1 aromatic heterocycles. The Morgan fingerprint density at radius 2 is 1.92 bits per heavy atom. The summed E-state index contributed by atoms with van der Waals surface area (Å²) in [6.45, 7) is 2.29. The van der Waals surface area contributed by atoms with Crippen LogP contribution < -0.4 is 15.2 Å². The van der Waals surface area contributed by atoms with Gasteiger partial charge in [0.15, 0.2) is 29.3 Å². The molecule has 4 rings (SSSR count). The van der Waals surface area contributed by atoms with Gasteiger partial charge in [0.25, 0.3) is 0 Å². The fourth-order valence-electron chi connectivity index (χ4n) is 2.93. The summed E-state index contributed by atoms with van der Waals surface area (Å²) in [5, 5.41) is 4.48. The van der Waals surface area contributed by atoms with Gasteiger partial charge < -0.3 is 15.2 Å². The second kappa shape index (κ2) is 6.51. The molecule has 3 aromatic rings. The van der Waals surface area contributed by atoms with Gasteiger partial charge in [-0.25, -0.2) is 9.67 Å². The minimum absolute atomic E-state index is 0.0317. The molecule has 2 aromatic carbocycles. The van der Waals surface area contributed by atoms with Gasteiger partial charge in [-0.15, -0.1) is 0 Å². The molecule has 2 N–H and O–H groups in total. The largest absolute Gasteiger partial charge is 0.485 e. The number of nitrogens with two attached hydrogens (primary N) is 1. The third-order valence-electron chi connectivity index (χ3n) is 4.15. The van der Waals surface area contributed by atoms with Gasteiger partial charge in [0, 0.05) is 0 Å². The lowest BCUT2D eigenvalue weighted by Crippen LogP contribution is -2.25. The number of primary amides is 1. The van der Waals surface area contributed by atoms with Gasteiger partial charge in [-0.05, 0) is 30.7 Å². The zero-order valence-electron chi connectivity index (χ0n) is 14.3. The smallest absolute Gasteiger partial charge is 0.225 e. The van der Waals surface area contributed by atoms with Crippen LogP contribution in [-0.2, 0) is 11.2 Å². The molecule has 0 fully saturated rings. The van der Waals surface area contributed by atoms with Crippen molar-refractivity contribution in [1.29, 1.82) is 0 Å². The van der Waals surface area contributed by atoms with Gasteiger partial charge in [-0.3, -0.25) is 4.79 Å². The summed E-state index contributed by atoms with van der Waals surface area (Å²) in [6, 6.07) is 15.3. The zero-order chi connectivity index (χ0) is 18.1. The molecule has 0 bridgehead atoms. The number of rotatable bonds is 4. The van der Waals surface area contributed by atoms with Crippen molar-refractivity contribution in [2.45, 2.75) is 19.4 Å². The van der Waals surface area contributed by atoms with E-state index in [1.807, 2.05) is 55.5 Å². The number of nitrogens with zero attached hydrogens (tertiary/aromatic N) is 3. The molecular formula is C19H18N4O3. The van der Waals surface area contributed by atoms with E-state index in [4.69, 9.17) is 15.2 Å². The zero-order valence-corrected chi connectivity index (χ0v) is 14.3. The molecule has 1 aliphatic heterocycles. The Labute approximate surface area is 150 Å². The second-order valence-corrected chi connectivity index (χ2v) is 6.09. The van der Waals surface area contributed by atoms with E-state index in [0.717, 1.165) is 11.3 Å². The summed E-state index contributed by atoms with van der Waals surface area (Å²) in [5.74, 6) is 1.80. The average molecular weight is 350 g/mol.